The molecule has 0 spiro atoms. The van der Waals surface area contributed by atoms with Gasteiger partial charge < -0.3 is 0 Å². The molecule has 21 heavy (non-hydrogen) atoms. The Morgan fingerprint density at radius 3 is 2.38 bits per heavy atom. The molecule has 0 heterocycles. The number of alkyl halides is 4. The summed E-state index contributed by atoms with van der Waals surface area (Å²) >= 11 is 9.22. The number of hydrogen-bond donors (Lipinski definition) is 0. The molecule has 1 unspecified atom stereocenters. The summed E-state index contributed by atoms with van der Waals surface area (Å²) in [6, 6.07) is 9.24. The molecular weight excluding hydrogens is 372 g/mol. The molecule has 0 saturated heterocycles. The largest absolute Gasteiger partial charge is 0.416 e. The molecule has 0 N–H and O–H groups in total. The summed E-state index contributed by atoms with van der Waals surface area (Å²) in [7, 11) is 0. The Morgan fingerprint density at radius 1 is 1.10 bits per heavy atom. The topological polar surface area (TPSA) is 0 Å². The van der Waals surface area contributed by atoms with Gasteiger partial charge in [-0.1, -0.05) is 51.8 Å². The summed E-state index contributed by atoms with van der Waals surface area (Å²) in [6.45, 7) is 0. The Bertz CT molecular complexity index is 620. The van der Waals surface area contributed by atoms with Crippen molar-refractivity contribution in [1.29, 1.82) is 0 Å². The summed E-state index contributed by atoms with van der Waals surface area (Å²) in [6.07, 6.45) is -4.24. The third-order valence-corrected chi connectivity index (χ3v) is 4.23. The van der Waals surface area contributed by atoms with Crippen LogP contribution in [-0.4, -0.2) is 0 Å². The molecule has 1 atom stereocenters. The molecule has 2 aromatic rings. The fourth-order valence-electron chi connectivity index (χ4n) is 1.93. The van der Waals surface area contributed by atoms with Crippen LogP contribution in [-0.2, 0) is 12.6 Å². The fraction of sp³-hybridized carbons (Fsp3) is 0.200. The smallest absolute Gasteiger partial charge is 0.207 e. The maximum atomic E-state index is 13.7. The first kappa shape index (κ1) is 16.3. The number of rotatable bonds is 3. The standard InChI is InChI=1S/C15H10BrClF4/c16-12(8-11-13(17)5-2-6-14(11)18)9-3-1-4-10(7-9)15(19,20)21/h1-7,12H,8H2. The van der Waals surface area contributed by atoms with Crippen molar-refractivity contribution < 1.29 is 17.6 Å². The van der Waals surface area contributed by atoms with Gasteiger partial charge in [0.25, 0.3) is 0 Å². The van der Waals surface area contributed by atoms with Crippen molar-refractivity contribution in [3.63, 3.8) is 0 Å². The second kappa shape index (κ2) is 6.36. The minimum absolute atomic E-state index is 0.160. The lowest BCUT2D eigenvalue weighted by molar-refractivity contribution is -0.137. The van der Waals surface area contributed by atoms with Crippen LogP contribution >= 0.6 is 27.5 Å². The first-order valence-corrected chi connectivity index (χ1v) is 7.32. The first-order chi connectivity index (χ1) is 9.79. The Labute approximate surface area is 132 Å². The van der Waals surface area contributed by atoms with Gasteiger partial charge in [-0.3, -0.25) is 0 Å². The summed E-state index contributed by atoms with van der Waals surface area (Å²) in [4.78, 5) is -0.464. The van der Waals surface area contributed by atoms with E-state index in [4.69, 9.17) is 11.6 Å². The van der Waals surface area contributed by atoms with Crippen molar-refractivity contribution in [2.45, 2.75) is 17.4 Å². The van der Waals surface area contributed by atoms with Crippen LogP contribution in [0.1, 0.15) is 21.5 Å². The number of hydrogen-bond acceptors (Lipinski definition) is 0. The third-order valence-electron chi connectivity index (χ3n) is 3.02. The van der Waals surface area contributed by atoms with E-state index in [-0.39, 0.29) is 17.0 Å². The molecule has 0 radical (unpaired) electrons. The first-order valence-electron chi connectivity index (χ1n) is 6.03. The normalized spacial score (nSPS) is 13.2. The monoisotopic (exact) mass is 380 g/mol. The molecule has 2 rings (SSSR count). The van der Waals surface area contributed by atoms with Gasteiger partial charge in [-0.15, -0.1) is 0 Å². The second-order valence-electron chi connectivity index (χ2n) is 4.50. The average molecular weight is 382 g/mol. The maximum absolute atomic E-state index is 13.7. The zero-order valence-electron chi connectivity index (χ0n) is 10.6. The van der Waals surface area contributed by atoms with Crippen LogP contribution < -0.4 is 0 Å². The molecule has 112 valence electrons. The molecular formula is C15H10BrClF4. The van der Waals surface area contributed by atoms with E-state index in [0.29, 0.717) is 5.56 Å². The third kappa shape index (κ3) is 3.98. The van der Waals surface area contributed by atoms with Crippen LogP contribution in [0, 0.1) is 5.82 Å². The molecule has 0 fully saturated rings. The van der Waals surface area contributed by atoms with Crippen molar-refractivity contribution in [2.75, 3.05) is 0 Å². The van der Waals surface area contributed by atoms with Gasteiger partial charge in [0.1, 0.15) is 5.82 Å². The molecule has 0 nitrogen and oxygen atoms in total. The molecule has 6 heteroatoms. The summed E-state index contributed by atoms with van der Waals surface area (Å²) in [5.41, 5.74) is -0.0355. The van der Waals surface area contributed by atoms with Gasteiger partial charge in [-0.05, 0) is 30.2 Å². The van der Waals surface area contributed by atoms with E-state index < -0.39 is 22.4 Å². The quantitative estimate of drug-likeness (QED) is 0.440. The maximum Gasteiger partial charge on any atom is 0.416 e. The van der Waals surface area contributed by atoms with Crippen LogP contribution in [0.5, 0.6) is 0 Å². The van der Waals surface area contributed by atoms with Crippen molar-refractivity contribution in [1.82, 2.24) is 0 Å². The van der Waals surface area contributed by atoms with E-state index in [0.717, 1.165) is 12.1 Å². The lowest BCUT2D eigenvalue weighted by Crippen LogP contribution is -2.06. The van der Waals surface area contributed by atoms with Crippen LogP contribution in [0.3, 0.4) is 0 Å². The molecule has 0 aliphatic rings. The summed E-state index contributed by atoms with van der Waals surface area (Å²) in [5, 5.41) is 0.256. The Balaban J connectivity index is 2.27. The molecule has 0 aromatic heterocycles. The minimum atomic E-state index is -4.40. The molecule has 0 saturated carbocycles. The zero-order chi connectivity index (χ0) is 15.6. The van der Waals surface area contributed by atoms with Crippen molar-refractivity contribution in [3.8, 4) is 0 Å². The number of benzene rings is 2. The minimum Gasteiger partial charge on any atom is -0.207 e. The van der Waals surface area contributed by atoms with E-state index in [2.05, 4.69) is 15.9 Å². The predicted octanol–water partition coefficient (Wildman–Crippen LogP) is 6.18. The summed E-state index contributed by atoms with van der Waals surface area (Å²) in [5.74, 6) is -0.473. The second-order valence-corrected chi connectivity index (χ2v) is 6.01. The number of halogens is 6. The van der Waals surface area contributed by atoms with Gasteiger partial charge in [-0.2, -0.15) is 13.2 Å². The molecule has 0 bridgehead atoms. The highest BCUT2D eigenvalue weighted by molar-refractivity contribution is 9.09. The van der Waals surface area contributed by atoms with Gasteiger partial charge in [0.2, 0.25) is 0 Å². The van der Waals surface area contributed by atoms with Crippen molar-refractivity contribution in [3.05, 3.63) is 70.0 Å². The van der Waals surface area contributed by atoms with Crippen molar-refractivity contribution >= 4 is 27.5 Å². The van der Waals surface area contributed by atoms with Crippen molar-refractivity contribution in [2.24, 2.45) is 0 Å². The van der Waals surface area contributed by atoms with Crippen LogP contribution in [0.2, 0.25) is 5.02 Å². The zero-order valence-corrected chi connectivity index (χ0v) is 12.9. The van der Waals surface area contributed by atoms with E-state index in [9.17, 15) is 17.6 Å². The van der Waals surface area contributed by atoms with Crippen LogP contribution in [0.4, 0.5) is 17.6 Å². The molecule has 0 amide bonds. The molecule has 0 aliphatic heterocycles. The van der Waals surface area contributed by atoms with Crippen LogP contribution in [0.15, 0.2) is 42.5 Å². The van der Waals surface area contributed by atoms with Gasteiger partial charge >= 0.3 is 6.18 Å². The lowest BCUT2D eigenvalue weighted by Gasteiger charge is -2.14. The summed E-state index contributed by atoms with van der Waals surface area (Å²) < 4.78 is 51.8. The highest BCUT2D eigenvalue weighted by Gasteiger charge is 2.30. The van der Waals surface area contributed by atoms with Gasteiger partial charge in [0, 0.05) is 15.4 Å². The van der Waals surface area contributed by atoms with E-state index in [1.807, 2.05) is 0 Å². The lowest BCUT2D eigenvalue weighted by atomic mass is 10.0. The van der Waals surface area contributed by atoms with Crippen LogP contribution in [0.25, 0.3) is 0 Å². The molecule has 0 aliphatic carbocycles. The fourth-order valence-corrected chi connectivity index (χ4v) is 2.78. The van der Waals surface area contributed by atoms with E-state index in [1.165, 1.54) is 18.2 Å². The van der Waals surface area contributed by atoms with E-state index >= 15 is 0 Å². The highest BCUT2D eigenvalue weighted by atomic mass is 79.9. The average Bonchev–Trinajstić information content (AvgIpc) is 2.42. The predicted molar refractivity (Wildman–Crippen MR) is 78.2 cm³/mol. The van der Waals surface area contributed by atoms with Gasteiger partial charge in [0.05, 0.1) is 5.56 Å². The Hall–Kier alpha value is -1.07. The Kier molecular flexibility index (Phi) is 4.94. The van der Waals surface area contributed by atoms with E-state index in [1.54, 1.807) is 12.1 Å². The van der Waals surface area contributed by atoms with Gasteiger partial charge in [0.15, 0.2) is 0 Å². The Morgan fingerprint density at radius 2 is 1.76 bits per heavy atom. The van der Waals surface area contributed by atoms with Gasteiger partial charge in [-0.25, -0.2) is 4.39 Å². The molecule has 2 aromatic carbocycles. The highest BCUT2D eigenvalue weighted by Crippen LogP contribution is 2.35. The SMILES string of the molecule is Fc1cccc(Cl)c1CC(Br)c1cccc(C(F)(F)F)c1.